The van der Waals surface area contributed by atoms with Crippen molar-refractivity contribution >= 4 is 8.32 Å². The molecule has 1 aliphatic rings. The molecule has 1 aliphatic heterocycles. The Kier molecular flexibility index (Phi) is 8.25. The number of hydrogen-bond donors (Lipinski definition) is 1. The van der Waals surface area contributed by atoms with Gasteiger partial charge in [-0.3, -0.25) is 4.90 Å². The van der Waals surface area contributed by atoms with Crippen molar-refractivity contribution in [2.24, 2.45) is 0 Å². The van der Waals surface area contributed by atoms with Gasteiger partial charge in [-0.1, -0.05) is 112 Å². The average Bonchev–Trinajstić information content (AvgIpc) is 2.90. The molecular weight excluding hydrogens is 470 g/mol. The molecule has 0 amide bonds. The van der Waals surface area contributed by atoms with Gasteiger partial charge in [-0.25, -0.2) is 0 Å². The highest BCUT2D eigenvalue weighted by Crippen LogP contribution is 2.46. The monoisotopic (exact) mass is 513 g/mol. The third-order valence-electron chi connectivity index (χ3n) is 8.49. The summed E-state index contributed by atoms with van der Waals surface area (Å²) in [5, 5.41) is 10.4. The lowest BCUT2D eigenvalue weighted by Crippen LogP contribution is -2.55. The molecular formula is C33H43NO2Si. The van der Waals surface area contributed by atoms with Crippen molar-refractivity contribution in [2.75, 3.05) is 19.7 Å². The van der Waals surface area contributed by atoms with E-state index in [1.165, 1.54) is 22.3 Å². The van der Waals surface area contributed by atoms with Gasteiger partial charge in [0.25, 0.3) is 0 Å². The van der Waals surface area contributed by atoms with Gasteiger partial charge in [0, 0.05) is 13.1 Å². The fourth-order valence-corrected chi connectivity index (χ4v) is 6.70. The summed E-state index contributed by atoms with van der Waals surface area (Å²) < 4.78 is 7.00. The fourth-order valence-electron chi connectivity index (χ4n) is 5.38. The van der Waals surface area contributed by atoms with E-state index in [4.69, 9.17) is 4.43 Å². The van der Waals surface area contributed by atoms with Crippen LogP contribution in [0.2, 0.25) is 18.1 Å². The van der Waals surface area contributed by atoms with Crippen molar-refractivity contribution in [2.45, 2.75) is 63.9 Å². The Labute approximate surface area is 224 Å². The Balaban J connectivity index is 1.87. The zero-order chi connectivity index (χ0) is 26.7. The van der Waals surface area contributed by atoms with E-state index in [2.05, 4.69) is 137 Å². The summed E-state index contributed by atoms with van der Waals surface area (Å²) in [6.45, 7) is 15.3. The fraction of sp³-hybridized carbons (Fsp3) is 0.394. The normalized spacial score (nSPS) is 19.1. The first-order valence-corrected chi connectivity index (χ1v) is 16.4. The van der Waals surface area contributed by atoms with Crippen molar-refractivity contribution in [3.05, 3.63) is 119 Å². The molecule has 0 bridgehead atoms. The Morgan fingerprint density at radius 3 is 1.65 bits per heavy atom. The van der Waals surface area contributed by atoms with Gasteiger partial charge < -0.3 is 9.53 Å². The van der Waals surface area contributed by atoms with Crippen LogP contribution in [0.4, 0.5) is 0 Å². The second-order valence-electron chi connectivity index (χ2n) is 11.8. The van der Waals surface area contributed by atoms with Crippen molar-refractivity contribution in [3.8, 4) is 0 Å². The van der Waals surface area contributed by atoms with Crippen LogP contribution in [-0.2, 0) is 9.96 Å². The molecule has 37 heavy (non-hydrogen) atoms. The summed E-state index contributed by atoms with van der Waals surface area (Å²) in [7, 11) is -1.99. The quantitative estimate of drug-likeness (QED) is 0.203. The van der Waals surface area contributed by atoms with Crippen molar-refractivity contribution in [3.63, 3.8) is 0 Å². The predicted octanol–water partition coefficient (Wildman–Crippen LogP) is 7.38. The number of hydrogen-bond acceptors (Lipinski definition) is 3. The molecule has 4 heteroatoms. The lowest BCUT2D eigenvalue weighted by atomic mass is 9.74. The molecule has 1 N–H and O–H groups in total. The van der Waals surface area contributed by atoms with Crippen LogP contribution < -0.4 is 0 Å². The van der Waals surface area contributed by atoms with E-state index in [0.717, 1.165) is 25.1 Å². The van der Waals surface area contributed by atoms with E-state index < -0.39 is 13.9 Å². The number of benzene rings is 3. The molecule has 3 aromatic carbocycles. The highest BCUT2D eigenvalue weighted by molar-refractivity contribution is 6.74. The van der Waals surface area contributed by atoms with Gasteiger partial charge in [-0.05, 0) is 59.3 Å². The number of nitrogens with zero attached hydrogens (tertiary/aromatic N) is 1. The summed E-state index contributed by atoms with van der Waals surface area (Å²) in [6.07, 6.45) is 0.928. The summed E-state index contributed by atoms with van der Waals surface area (Å²) in [4.78, 5) is 2.60. The van der Waals surface area contributed by atoms with Crippen LogP contribution in [0.1, 0.15) is 50.8 Å². The van der Waals surface area contributed by atoms with E-state index in [1.807, 2.05) is 0 Å². The van der Waals surface area contributed by atoms with Crippen LogP contribution in [0.25, 0.3) is 0 Å². The molecule has 0 saturated carbocycles. The van der Waals surface area contributed by atoms with E-state index in [1.54, 1.807) is 0 Å². The number of piperidine rings is 1. The summed E-state index contributed by atoms with van der Waals surface area (Å²) in [5.41, 5.74) is 5.53. The summed E-state index contributed by atoms with van der Waals surface area (Å²) in [5.74, 6) is 0. The van der Waals surface area contributed by atoms with Crippen LogP contribution in [0, 0.1) is 0 Å². The highest BCUT2D eigenvalue weighted by atomic mass is 28.4. The Hall–Kier alpha value is -2.50. The maximum absolute atomic E-state index is 10.3. The van der Waals surface area contributed by atoms with Crippen molar-refractivity contribution < 1.29 is 9.53 Å². The number of rotatable bonds is 7. The standard InChI is InChI=1S/C33H43NO2Si/c1-26(25-35)30-24-34(23-22-31(30)36-37(5,6)32(2,3)4)33(27-16-10-7-11-17-27,28-18-12-8-13-19-28)29-20-14-9-15-21-29/h7-21,31,35H,22-25H2,1-6H3. The molecule has 1 atom stereocenters. The molecule has 1 saturated heterocycles. The molecule has 4 rings (SSSR count). The number of aliphatic hydroxyl groups excluding tert-OH is 1. The maximum atomic E-state index is 10.3. The minimum atomic E-state index is -1.99. The zero-order valence-electron chi connectivity index (χ0n) is 23.4. The molecule has 1 fully saturated rings. The predicted molar refractivity (Wildman–Crippen MR) is 157 cm³/mol. The molecule has 0 spiro atoms. The highest BCUT2D eigenvalue weighted by Gasteiger charge is 2.46. The third-order valence-corrected chi connectivity index (χ3v) is 13.0. The molecule has 3 nitrogen and oxygen atoms in total. The van der Waals surface area contributed by atoms with E-state index >= 15 is 0 Å². The van der Waals surface area contributed by atoms with E-state index in [0.29, 0.717) is 0 Å². The topological polar surface area (TPSA) is 32.7 Å². The third kappa shape index (κ3) is 5.39. The molecule has 3 aromatic rings. The van der Waals surface area contributed by atoms with Crippen LogP contribution in [0.15, 0.2) is 102 Å². The van der Waals surface area contributed by atoms with Crippen LogP contribution in [-0.4, -0.2) is 44.1 Å². The van der Waals surface area contributed by atoms with Gasteiger partial charge in [0.1, 0.15) is 0 Å². The first-order chi connectivity index (χ1) is 17.6. The van der Waals surface area contributed by atoms with Crippen molar-refractivity contribution in [1.29, 1.82) is 0 Å². The first kappa shape index (κ1) is 27.5. The molecule has 0 aromatic heterocycles. The number of likely N-dealkylation sites (tertiary alicyclic amines) is 1. The molecule has 0 radical (unpaired) electrons. The maximum Gasteiger partial charge on any atom is 0.192 e. The smallest absolute Gasteiger partial charge is 0.192 e. The van der Waals surface area contributed by atoms with E-state index in [-0.39, 0.29) is 17.7 Å². The van der Waals surface area contributed by atoms with E-state index in [9.17, 15) is 5.11 Å². The number of aliphatic hydroxyl groups is 1. The van der Waals surface area contributed by atoms with Gasteiger partial charge >= 0.3 is 0 Å². The Morgan fingerprint density at radius 2 is 1.27 bits per heavy atom. The largest absolute Gasteiger partial charge is 0.410 e. The molecule has 1 unspecified atom stereocenters. The minimum Gasteiger partial charge on any atom is -0.410 e. The second-order valence-corrected chi connectivity index (χ2v) is 16.6. The Morgan fingerprint density at radius 1 is 0.838 bits per heavy atom. The summed E-state index contributed by atoms with van der Waals surface area (Å²) in [6, 6.07) is 32.6. The molecule has 1 heterocycles. The SMILES string of the molecule is CC(CO)=C1CN(C(c2ccccc2)(c2ccccc2)c2ccccc2)CCC1O[Si](C)(C)C(C)(C)C. The van der Waals surface area contributed by atoms with Crippen LogP contribution >= 0.6 is 0 Å². The van der Waals surface area contributed by atoms with Crippen LogP contribution in [0.3, 0.4) is 0 Å². The second kappa shape index (κ2) is 11.1. The lowest BCUT2D eigenvalue weighted by molar-refractivity contribution is 0.0884. The van der Waals surface area contributed by atoms with Gasteiger partial charge in [0.05, 0.1) is 18.2 Å². The Bertz CT molecular complexity index is 1090. The first-order valence-electron chi connectivity index (χ1n) is 13.5. The van der Waals surface area contributed by atoms with Crippen LogP contribution in [0.5, 0.6) is 0 Å². The zero-order valence-corrected chi connectivity index (χ0v) is 24.4. The summed E-state index contributed by atoms with van der Waals surface area (Å²) >= 11 is 0. The lowest BCUT2D eigenvalue weighted by Gasteiger charge is -2.50. The molecule has 0 aliphatic carbocycles. The van der Waals surface area contributed by atoms with Gasteiger partial charge in [-0.15, -0.1) is 0 Å². The van der Waals surface area contributed by atoms with Crippen molar-refractivity contribution in [1.82, 2.24) is 4.90 Å². The average molecular weight is 514 g/mol. The minimum absolute atomic E-state index is 0.0318. The van der Waals surface area contributed by atoms with Gasteiger partial charge in [0.15, 0.2) is 8.32 Å². The van der Waals surface area contributed by atoms with Gasteiger partial charge in [0.2, 0.25) is 0 Å². The molecule has 196 valence electrons. The van der Waals surface area contributed by atoms with Gasteiger partial charge in [-0.2, -0.15) is 0 Å².